The maximum absolute atomic E-state index is 10.8. The fourth-order valence-electron chi connectivity index (χ4n) is 1.21. The average molecular weight is 198 g/mol. The second kappa shape index (κ2) is 2.97. The Kier molecular flexibility index (Phi) is 2.22. The second-order valence-electron chi connectivity index (χ2n) is 4.21. The van der Waals surface area contributed by atoms with E-state index in [1.165, 1.54) is 4.68 Å². The molecule has 0 amide bonds. The van der Waals surface area contributed by atoms with Crippen LogP contribution in [0.4, 0.5) is 11.5 Å². The highest BCUT2D eigenvalue weighted by atomic mass is 16.6. The summed E-state index contributed by atoms with van der Waals surface area (Å²) < 4.78 is 1.33. The first-order valence-corrected chi connectivity index (χ1v) is 4.22. The largest absolute Gasteiger partial charge is 0.378 e. The van der Waals surface area contributed by atoms with Gasteiger partial charge in [0.2, 0.25) is 5.82 Å². The topological polar surface area (TPSA) is 87.0 Å². The first-order valence-electron chi connectivity index (χ1n) is 4.22. The molecule has 0 atom stereocenters. The van der Waals surface area contributed by atoms with Gasteiger partial charge < -0.3 is 5.73 Å². The minimum atomic E-state index is -0.483. The van der Waals surface area contributed by atoms with Crippen LogP contribution < -0.4 is 5.73 Å². The molecule has 1 aromatic rings. The highest BCUT2D eigenvalue weighted by Crippen LogP contribution is 2.33. The van der Waals surface area contributed by atoms with Crippen LogP contribution in [0.1, 0.15) is 26.5 Å². The van der Waals surface area contributed by atoms with Gasteiger partial charge in [-0.3, -0.25) is 10.1 Å². The first-order chi connectivity index (χ1) is 6.25. The minimum absolute atomic E-state index is 0.0833. The summed E-state index contributed by atoms with van der Waals surface area (Å²) in [6, 6.07) is 0. The Bertz CT molecular complexity index is 375. The number of aryl methyl sites for hydroxylation is 1. The molecular weight excluding hydrogens is 184 g/mol. The lowest BCUT2D eigenvalue weighted by Gasteiger charge is -2.13. The van der Waals surface area contributed by atoms with E-state index in [-0.39, 0.29) is 16.9 Å². The van der Waals surface area contributed by atoms with Crippen molar-refractivity contribution < 1.29 is 4.92 Å². The average Bonchev–Trinajstić information content (AvgIpc) is 2.27. The van der Waals surface area contributed by atoms with Gasteiger partial charge in [-0.2, -0.15) is 5.10 Å². The summed E-state index contributed by atoms with van der Waals surface area (Å²) in [6.45, 7) is 5.59. The summed E-state index contributed by atoms with van der Waals surface area (Å²) in [5.41, 5.74) is 5.52. The number of aromatic nitrogens is 2. The van der Waals surface area contributed by atoms with E-state index in [0.29, 0.717) is 5.69 Å². The number of hydrogen-bond acceptors (Lipinski definition) is 4. The summed E-state index contributed by atoms with van der Waals surface area (Å²) in [5, 5.41) is 14.8. The summed E-state index contributed by atoms with van der Waals surface area (Å²) >= 11 is 0. The Morgan fingerprint density at radius 1 is 1.50 bits per heavy atom. The van der Waals surface area contributed by atoms with Crippen LogP contribution in [0, 0.1) is 10.1 Å². The molecule has 6 heteroatoms. The van der Waals surface area contributed by atoms with Crippen molar-refractivity contribution >= 4 is 11.5 Å². The van der Waals surface area contributed by atoms with Gasteiger partial charge in [-0.15, -0.1) is 0 Å². The smallest absolute Gasteiger partial charge is 0.334 e. The lowest BCUT2D eigenvalue weighted by atomic mass is 9.91. The normalized spacial score (nSPS) is 11.7. The number of nitrogens with zero attached hydrogens (tertiary/aromatic N) is 3. The Morgan fingerprint density at radius 3 is 2.29 bits per heavy atom. The maximum Gasteiger partial charge on any atom is 0.334 e. The van der Waals surface area contributed by atoms with E-state index in [0.717, 1.165) is 0 Å². The molecule has 0 saturated carbocycles. The van der Waals surface area contributed by atoms with Gasteiger partial charge in [-0.05, 0) is 0 Å². The predicted octanol–water partition coefficient (Wildman–Crippen LogP) is 1.21. The molecule has 1 rings (SSSR count). The van der Waals surface area contributed by atoms with Gasteiger partial charge in [0, 0.05) is 12.5 Å². The van der Waals surface area contributed by atoms with Crippen molar-refractivity contribution in [2.75, 3.05) is 5.73 Å². The zero-order chi connectivity index (χ0) is 11.1. The van der Waals surface area contributed by atoms with E-state index in [2.05, 4.69) is 5.10 Å². The quantitative estimate of drug-likeness (QED) is 0.542. The van der Waals surface area contributed by atoms with Gasteiger partial charge in [-0.1, -0.05) is 20.8 Å². The fraction of sp³-hybridized carbons (Fsp3) is 0.625. The van der Waals surface area contributed by atoms with Crippen LogP contribution in [0.15, 0.2) is 0 Å². The Morgan fingerprint density at radius 2 is 2.00 bits per heavy atom. The third kappa shape index (κ3) is 1.55. The van der Waals surface area contributed by atoms with Crippen molar-refractivity contribution in [3.05, 3.63) is 15.8 Å². The van der Waals surface area contributed by atoms with Gasteiger partial charge in [0.15, 0.2) is 0 Å². The van der Waals surface area contributed by atoms with E-state index in [1.54, 1.807) is 7.05 Å². The lowest BCUT2D eigenvalue weighted by Crippen LogP contribution is -2.14. The van der Waals surface area contributed by atoms with Gasteiger partial charge in [0.05, 0.1) is 4.92 Å². The van der Waals surface area contributed by atoms with Crippen LogP contribution in [0.2, 0.25) is 0 Å². The molecule has 1 heterocycles. The fourth-order valence-corrected chi connectivity index (χ4v) is 1.21. The number of nitro groups is 1. The molecule has 0 saturated heterocycles. The zero-order valence-corrected chi connectivity index (χ0v) is 8.74. The molecule has 0 aliphatic heterocycles. The van der Waals surface area contributed by atoms with Crippen LogP contribution in [-0.4, -0.2) is 14.7 Å². The molecule has 0 radical (unpaired) electrons. The van der Waals surface area contributed by atoms with Crippen LogP contribution >= 0.6 is 0 Å². The van der Waals surface area contributed by atoms with Crippen LogP contribution in [0.25, 0.3) is 0 Å². The number of hydrogen-bond donors (Lipinski definition) is 1. The van der Waals surface area contributed by atoms with E-state index < -0.39 is 4.92 Å². The molecule has 0 spiro atoms. The highest BCUT2D eigenvalue weighted by Gasteiger charge is 2.32. The molecular formula is C8H14N4O2. The SMILES string of the molecule is Cn1nc(C(C)(C)C)c([N+](=O)[O-])c1N. The molecule has 0 bridgehead atoms. The number of nitrogen functional groups attached to an aromatic ring is 1. The molecule has 0 aliphatic carbocycles. The molecule has 0 aliphatic rings. The van der Waals surface area contributed by atoms with Crippen molar-refractivity contribution in [3.63, 3.8) is 0 Å². The third-order valence-electron chi connectivity index (χ3n) is 1.96. The first kappa shape index (κ1) is 10.5. The van der Waals surface area contributed by atoms with Crippen LogP contribution in [0.5, 0.6) is 0 Å². The van der Waals surface area contributed by atoms with E-state index in [4.69, 9.17) is 5.73 Å². The number of anilines is 1. The van der Waals surface area contributed by atoms with Crippen molar-refractivity contribution in [1.82, 2.24) is 9.78 Å². The minimum Gasteiger partial charge on any atom is -0.378 e. The van der Waals surface area contributed by atoms with Crippen LogP contribution in [-0.2, 0) is 12.5 Å². The van der Waals surface area contributed by atoms with Gasteiger partial charge in [0.25, 0.3) is 0 Å². The Balaban J connectivity index is 3.45. The van der Waals surface area contributed by atoms with E-state index in [1.807, 2.05) is 20.8 Å². The predicted molar refractivity (Wildman–Crippen MR) is 53.0 cm³/mol. The van der Waals surface area contributed by atoms with Crippen LogP contribution in [0.3, 0.4) is 0 Å². The van der Waals surface area contributed by atoms with E-state index >= 15 is 0 Å². The molecule has 1 aromatic heterocycles. The Hall–Kier alpha value is -1.59. The molecule has 0 aromatic carbocycles. The van der Waals surface area contributed by atoms with Gasteiger partial charge in [0.1, 0.15) is 5.69 Å². The van der Waals surface area contributed by atoms with Crippen molar-refractivity contribution in [1.29, 1.82) is 0 Å². The molecule has 6 nitrogen and oxygen atoms in total. The number of nitrogens with two attached hydrogens (primary N) is 1. The van der Waals surface area contributed by atoms with E-state index in [9.17, 15) is 10.1 Å². The van der Waals surface area contributed by atoms with Crippen molar-refractivity contribution in [3.8, 4) is 0 Å². The standard InChI is InChI=1S/C8H14N4O2/c1-8(2,3)6-5(12(13)14)7(9)11(4)10-6/h9H2,1-4H3. The van der Waals surface area contributed by atoms with Gasteiger partial charge in [-0.25, -0.2) is 4.68 Å². The molecule has 78 valence electrons. The monoisotopic (exact) mass is 198 g/mol. The summed E-state index contributed by atoms with van der Waals surface area (Å²) in [5.74, 6) is 0.0972. The molecule has 2 N–H and O–H groups in total. The highest BCUT2D eigenvalue weighted by molar-refractivity contribution is 5.58. The molecule has 0 unspecified atom stereocenters. The molecule has 0 fully saturated rings. The summed E-state index contributed by atoms with van der Waals surface area (Å²) in [6.07, 6.45) is 0. The van der Waals surface area contributed by atoms with Gasteiger partial charge >= 0.3 is 5.69 Å². The molecule has 14 heavy (non-hydrogen) atoms. The van der Waals surface area contributed by atoms with Crippen molar-refractivity contribution in [2.45, 2.75) is 26.2 Å². The summed E-state index contributed by atoms with van der Waals surface area (Å²) in [7, 11) is 1.59. The third-order valence-corrected chi connectivity index (χ3v) is 1.96. The lowest BCUT2D eigenvalue weighted by molar-refractivity contribution is -0.385. The Labute approximate surface area is 81.9 Å². The summed E-state index contributed by atoms with van der Waals surface area (Å²) in [4.78, 5) is 10.3. The second-order valence-corrected chi connectivity index (χ2v) is 4.21. The van der Waals surface area contributed by atoms with Crippen molar-refractivity contribution in [2.24, 2.45) is 7.05 Å². The maximum atomic E-state index is 10.8. The number of rotatable bonds is 1. The zero-order valence-electron chi connectivity index (χ0n) is 8.74.